The molecule has 0 fully saturated rings. The number of hydrogen-bond donors (Lipinski definition) is 1. The molecule has 0 saturated heterocycles. The van der Waals surface area contributed by atoms with Gasteiger partial charge < -0.3 is 5.32 Å². The van der Waals surface area contributed by atoms with E-state index in [2.05, 4.69) is 21.2 Å². The first kappa shape index (κ1) is 17.7. The van der Waals surface area contributed by atoms with Crippen molar-refractivity contribution >= 4 is 31.7 Å². The molecule has 0 radical (unpaired) electrons. The zero-order chi connectivity index (χ0) is 17.0. The summed E-state index contributed by atoms with van der Waals surface area (Å²) >= 11 is 3.38. The van der Waals surface area contributed by atoms with Crippen molar-refractivity contribution in [1.29, 1.82) is 0 Å². The van der Waals surface area contributed by atoms with Crippen LogP contribution in [0, 0.1) is 0 Å². The van der Waals surface area contributed by atoms with Crippen LogP contribution in [0.4, 0.5) is 0 Å². The lowest BCUT2D eigenvalue weighted by Gasteiger charge is -2.15. The Morgan fingerprint density at radius 1 is 1.17 bits per heavy atom. The molecule has 23 heavy (non-hydrogen) atoms. The van der Waals surface area contributed by atoms with Crippen LogP contribution in [-0.4, -0.2) is 20.6 Å². The van der Waals surface area contributed by atoms with Crippen LogP contribution in [0.2, 0.25) is 0 Å². The Labute approximate surface area is 145 Å². The third kappa shape index (κ3) is 5.18. The van der Waals surface area contributed by atoms with Gasteiger partial charge in [-0.1, -0.05) is 40.2 Å². The van der Waals surface area contributed by atoms with Crippen LogP contribution in [0.15, 0.2) is 57.9 Å². The van der Waals surface area contributed by atoms with Crippen LogP contribution in [-0.2, 0) is 21.1 Å². The first-order valence-electron chi connectivity index (χ1n) is 7.09. The summed E-state index contributed by atoms with van der Waals surface area (Å²) in [6.07, 6.45) is 1.47. The molecule has 0 aromatic heterocycles. The summed E-state index contributed by atoms with van der Waals surface area (Å²) in [7, 11) is -3.20. The lowest BCUT2D eigenvalue weighted by molar-refractivity contribution is -0.121. The average Bonchev–Trinajstić information content (AvgIpc) is 2.46. The highest BCUT2D eigenvalue weighted by atomic mass is 79.9. The quantitative estimate of drug-likeness (QED) is 0.844. The largest absolute Gasteiger partial charge is 0.349 e. The summed E-state index contributed by atoms with van der Waals surface area (Å²) < 4.78 is 23.8. The molecule has 1 N–H and O–H groups in total. The van der Waals surface area contributed by atoms with Gasteiger partial charge in [-0.05, 0) is 42.3 Å². The molecule has 0 aliphatic carbocycles. The standard InChI is InChI=1S/C17H18BrNO3S/c1-12(14-6-8-16(9-7-14)23(2,21)22)19-17(20)11-13-4-3-5-15(18)10-13/h3-10,12H,11H2,1-2H3,(H,19,20)/t12-/m1/s1. The maximum atomic E-state index is 12.1. The van der Waals surface area contributed by atoms with E-state index in [1.807, 2.05) is 31.2 Å². The lowest BCUT2D eigenvalue weighted by Crippen LogP contribution is -2.28. The fourth-order valence-electron chi connectivity index (χ4n) is 2.21. The van der Waals surface area contributed by atoms with Gasteiger partial charge in [0.25, 0.3) is 0 Å². The third-order valence-electron chi connectivity index (χ3n) is 3.44. The van der Waals surface area contributed by atoms with Crippen LogP contribution in [0.3, 0.4) is 0 Å². The zero-order valence-corrected chi connectivity index (χ0v) is 15.3. The van der Waals surface area contributed by atoms with E-state index in [0.717, 1.165) is 15.6 Å². The number of rotatable bonds is 5. The Hall–Kier alpha value is -1.66. The topological polar surface area (TPSA) is 63.2 Å². The molecule has 2 aromatic carbocycles. The van der Waals surface area contributed by atoms with Gasteiger partial charge in [-0.3, -0.25) is 4.79 Å². The molecule has 4 nitrogen and oxygen atoms in total. The smallest absolute Gasteiger partial charge is 0.224 e. The zero-order valence-electron chi connectivity index (χ0n) is 12.9. The summed E-state index contributed by atoms with van der Waals surface area (Å²) in [5.74, 6) is -0.0808. The Bertz CT molecular complexity index is 801. The van der Waals surface area contributed by atoms with Crippen molar-refractivity contribution in [3.8, 4) is 0 Å². The van der Waals surface area contributed by atoms with Crippen molar-refractivity contribution in [2.45, 2.75) is 24.3 Å². The number of sulfone groups is 1. The Morgan fingerprint density at radius 3 is 2.39 bits per heavy atom. The first-order chi connectivity index (χ1) is 10.8. The van der Waals surface area contributed by atoms with Gasteiger partial charge in [-0.15, -0.1) is 0 Å². The number of amides is 1. The van der Waals surface area contributed by atoms with Crippen molar-refractivity contribution in [3.05, 3.63) is 64.1 Å². The van der Waals surface area contributed by atoms with Gasteiger partial charge in [-0.2, -0.15) is 0 Å². The first-order valence-corrected chi connectivity index (χ1v) is 9.78. The van der Waals surface area contributed by atoms with Crippen LogP contribution in [0.5, 0.6) is 0 Å². The van der Waals surface area contributed by atoms with E-state index in [4.69, 9.17) is 0 Å². The predicted molar refractivity (Wildman–Crippen MR) is 94.0 cm³/mol. The molecule has 0 bridgehead atoms. The second-order valence-corrected chi connectivity index (χ2v) is 8.37. The average molecular weight is 396 g/mol. The van der Waals surface area contributed by atoms with E-state index < -0.39 is 9.84 Å². The van der Waals surface area contributed by atoms with E-state index in [0.29, 0.717) is 6.42 Å². The molecule has 0 aliphatic rings. The molecule has 0 unspecified atom stereocenters. The van der Waals surface area contributed by atoms with Gasteiger partial charge in [0.1, 0.15) is 0 Å². The van der Waals surface area contributed by atoms with E-state index in [-0.39, 0.29) is 16.8 Å². The summed E-state index contributed by atoms with van der Waals surface area (Å²) in [4.78, 5) is 12.4. The fourth-order valence-corrected chi connectivity index (χ4v) is 3.29. The Morgan fingerprint density at radius 2 is 1.83 bits per heavy atom. The molecule has 1 amide bonds. The van der Waals surface area contributed by atoms with Gasteiger partial charge in [0.2, 0.25) is 5.91 Å². The van der Waals surface area contributed by atoms with Crippen molar-refractivity contribution in [2.24, 2.45) is 0 Å². The molecule has 2 rings (SSSR count). The van der Waals surface area contributed by atoms with Crippen molar-refractivity contribution in [2.75, 3.05) is 6.26 Å². The highest BCUT2D eigenvalue weighted by Gasteiger charge is 2.12. The number of benzene rings is 2. The molecule has 0 saturated carbocycles. The highest BCUT2D eigenvalue weighted by molar-refractivity contribution is 9.10. The van der Waals surface area contributed by atoms with Crippen molar-refractivity contribution in [3.63, 3.8) is 0 Å². The summed E-state index contributed by atoms with van der Waals surface area (Å²) in [6.45, 7) is 1.87. The Balaban J connectivity index is 2.01. The van der Waals surface area contributed by atoms with Gasteiger partial charge in [-0.25, -0.2) is 8.42 Å². The van der Waals surface area contributed by atoms with Crippen molar-refractivity contribution in [1.82, 2.24) is 5.32 Å². The maximum absolute atomic E-state index is 12.1. The fraction of sp³-hybridized carbons (Fsp3) is 0.235. The number of halogens is 1. The lowest BCUT2D eigenvalue weighted by atomic mass is 10.1. The molecule has 2 aromatic rings. The highest BCUT2D eigenvalue weighted by Crippen LogP contribution is 2.17. The van der Waals surface area contributed by atoms with Crippen LogP contribution >= 0.6 is 15.9 Å². The van der Waals surface area contributed by atoms with E-state index in [1.54, 1.807) is 24.3 Å². The third-order valence-corrected chi connectivity index (χ3v) is 5.06. The molecule has 122 valence electrons. The summed E-state index contributed by atoms with van der Waals surface area (Å²) in [6, 6.07) is 14.0. The minimum absolute atomic E-state index is 0.0808. The summed E-state index contributed by atoms with van der Waals surface area (Å²) in [5.41, 5.74) is 1.79. The summed E-state index contributed by atoms with van der Waals surface area (Å²) in [5, 5.41) is 2.92. The molecular weight excluding hydrogens is 378 g/mol. The van der Waals surface area contributed by atoms with Gasteiger partial charge in [0, 0.05) is 10.7 Å². The minimum atomic E-state index is -3.20. The SMILES string of the molecule is C[C@@H](NC(=O)Cc1cccc(Br)c1)c1ccc(S(C)(=O)=O)cc1. The van der Waals surface area contributed by atoms with Gasteiger partial charge in [0.15, 0.2) is 9.84 Å². The van der Waals surface area contributed by atoms with E-state index >= 15 is 0 Å². The molecular formula is C17H18BrNO3S. The van der Waals surface area contributed by atoms with Crippen LogP contribution in [0.25, 0.3) is 0 Å². The normalized spacial score (nSPS) is 12.7. The monoisotopic (exact) mass is 395 g/mol. The number of hydrogen-bond acceptors (Lipinski definition) is 3. The van der Waals surface area contributed by atoms with E-state index in [1.165, 1.54) is 6.26 Å². The van der Waals surface area contributed by atoms with Gasteiger partial charge >= 0.3 is 0 Å². The molecule has 0 heterocycles. The van der Waals surface area contributed by atoms with E-state index in [9.17, 15) is 13.2 Å². The van der Waals surface area contributed by atoms with Crippen LogP contribution < -0.4 is 5.32 Å². The number of nitrogens with one attached hydrogen (secondary N) is 1. The van der Waals surface area contributed by atoms with Gasteiger partial charge in [0.05, 0.1) is 17.4 Å². The van der Waals surface area contributed by atoms with Crippen LogP contribution in [0.1, 0.15) is 24.1 Å². The molecule has 6 heteroatoms. The van der Waals surface area contributed by atoms with Crippen molar-refractivity contribution < 1.29 is 13.2 Å². The number of carbonyl (C=O) groups excluding carboxylic acids is 1. The molecule has 1 atom stereocenters. The second-order valence-electron chi connectivity index (χ2n) is 5.44. The Kier molecular flexibility index (Phi) is 5.59. The molecule has 0 spiro atoms. The predicted octanol–water partition coefficient (Wildman–Crippen LogP) is 3.27. The maximum Gasteiger partial charge on any atom is 0.224 e. The number of carbonyl (C=O) groups is 1. The second kappa shape index (κ2) is 7.27. The minimum Gasteiger partial charge on any atom is -0.349 e. The molecule has 0 aliphatic heterocycles.